The predicted octanol–water partition coefficient (Wildman–Crippen LogP) is 4.15. The fourth-order valence-corrected chi connectivity index (χ4v) is 2.95. The number of Topliss-reactive ketones (excluding diaryl/α,β-unsaturated/α-hetero) is 1. The topological polar surface area (TPSA) is 45.8 Å². The van der Waals surface area contributed by atoms with Crippen molar-refractivity contribution in [3.8, 4) is 11.8 Å². The molecule has 0 spiro atoms. The maximum Gasteiger partial charge on any atom is 0.179 e. The molecule has 20 heavy (non-hydrogen) atoms. The summed E-state index contributed by atoms with van der Waals surface area (Å²) in [5, 5.41) is 8.90. The standard InChI is InChI=1S/C15H12BrClN2O/c1-9-5-12(15(20)7-17)10(2)19(9)14-4-3-11(8-18)6-13(14)16/h3-6H,7H2,1-2H3. The molecule has 0 amide bonds. The van der Waals surface area contributed by atoms with Crippen molar-refractivity contribution in [3.05, 3.63) is 51.3 Å². The molecule has 0 fully saturated rings. The molecule has 0 aliphatic heterocycles. The van der Waals surface area contributed by atoms with Crippen LogP contribution in [0.3, 0.4) is 0 Å². The fraction of sp³-hybridized carbons (Fsp3) is 0.200. The zero-order valence-corrected chi connectivity index (χ0v) is 13.4. The Hall–Kier alpha value is -1.57. The molecule has 0 N–H and O–H groups in total. The molecule has 0 radical (unpaired) electrons. The smallest absolute Gasteiger partial charge is 0.179 e. The molecule has 1 aromatic heterocycles. The summed E-state index contributed by atoms with van der Waals surface area (Å²) in [6.45, 7) is 3.82. The fourth-order valence-electron chi connectivity index (χ4n) is 2.25. The normalized spacial score (nSPS) is 10.3. The number of aromatic nitrogens is 1. The molecule has 0 atom stereocenters. The minimum Gasteiger partial charge on any atom is -0.317 e. The van der Waals surface area contributed by atoms with E-state index >= 15 is 0 Å². The number of hydrogen-bond donors (Lipinski definition) is 0. The molecule has 5 heteroatoms. The summed E-state index contributed by atoms with van der Waals surface area (Å²) < 4.78 is 2.79. The number of nitrogens with zero attached hydrogens (tertiary/aromatic N) is 2. The van der Waals surface area contributed by atoms with Crippen LogP contribution in [0.4, 0.5) is 0 Å². The molecule has 0 unspecified atom stereocenters. The minimum absolute atomic E-state index is 0.0289. The Morgan fingerprint density at radius 1 is 1.40 bits per heavy atom. The van der Waals surface area contributed by atoms with Gasteiger partial charge < -0.3 is 4.57 Å². The number of ketones is 1. The average Bonchev–Trinajstić information content (AvgIpc) is 2.73. The number of aryl methyl sites for hydroxylation is 1. The van der Waals surface area contributed by atoms with Crippen LogP contribution in [0.25, 0.3) is 5.69 Å². The summed E-state index contributed by atoms with van der Waals surface area (Å²) in [7, 11) is 0. The molecule has 2 aromatic rings. The number of nitriles is 1. The summed E-state index contributed by atoms with van der Waals surface area (Å²) in [5.74, 6) is -0.116. The van der Waals surface area contributed by atoms with E-state index < -0.39 is 0 Å². The first kappa shape index (κ1) is 14.8. The zero-order chi connectivity index (χ0) is 14.9. The lowest BCUT2D eigenvalue weighted by molar-refractivity contribution is 0.102. The van der Waals surface area contributed by atoms with Crippen LogP contribution in [-0.2, 0) is 0 Å². The van der Waals surface area contributed by atoms with Gasteiger partial charge in [0, 0.05) is 21.4 Å². The summed E-state index contributed by atoms with van der Waals surface area (Å²) in [6, 6.07) is 9.31. The Morgan fingerprint density at radius 2 is 2.10 bits per heavy atom. The van der Waals surface area contributed by atoms with Crippen LogP contribution < -0.4 is 0 Å². The van der Waals surface area contributed by atoms with E-state index in [-0.39, 0.29) is 11.7 Å². The molecular formula is C15H12BrClN2O. The monoisotopic (exact) mass is 350 g/mol. The van der Waals surface area contributed by atoms with Gasteiger partial charge in [0.1, 0.15) is 0 Å². The van der Waals surface area contributed by atoms with E-state index in [4.69, 9.17) is 16.9 Å². The molecule has 3 nitrogen and oxygen atoms in total. The van der Waals surface area contributed by atoms with Gasteiger partial charge in [-0.3, -0.25) is 4.79 Å². The van der Waals surface area contributed by atoms with E-state index in [9.17, 15) is 4.79 Å². The molecule has 0 saturated carbocycles. The van der Waals surface area contributed by atoms with Crippen LogP contribution in [0.5, 0.6) is 0 Å². The van der Waals surface area contributed by atoms with Gasteiger partial charge in [0.15, 0.2) is 5.78 Å². The number of alkyl halides is 1. The summed E-state index contributed by atoms with van der Waals surface area (Å²) >= 11 is 9.11. The van der Waals surface area contributed by atoms with E-state index in [0.717, 1.165) is 21.5 Å². The van der Waals surface area contributed by atoms with Gasteiger partial charge in [0.05, 0.1) is 23.2 Å². The van der Waals surface area contributed by atoms with Crippen LogP contribution in [0.15, 0.2) is 28.7 Å². The zero-order valence-electron chi connectivity index (χ0n) is 11.1. The highest BCUT2D eigenvalue weighted by Gasteiger charge is 2.17. The van der Waals surface area contributed by atoms with Gasteiger partial charge in [-0.25, -0.2) is 0 Å². The van der Waals surface area contributed by atoms with Crippen LogP contribution in [0.1, 0.15) is 27.3 Å². The van der Waals surface area contributed by atoms with Gasteiger partial charge in [0.25, 0.3) is 0 Å². The van der Waals surface area contributed by atoms with Gasteiger partial charge >= 0.3 is 0 Å². The first-order chi connectivity index (χ1) is 9.49. The molecule has 0 aliphatic carbocycles. The van der Waals surface area contributed by atoms with Gasteiger partial charge in [-0.15, -0.1) is 11.6 Å². The first-order valence-electron chi connectivity index (χ1n) is 5.97. The molecular weight excluding hydrogens is 340 g/mol. The predicted molar refractivity (Wildman–Crippen MR) is 82.7 cm³/mol. The average molecular weight is 352 g/mol. The van der Waals surface area contributed by atoms with Gasteiger partial charge in [-0.1, -0.05) is 0 Å². The Labute approximate surface area is 130 Å². The lowest BCUT2D eigenvalue weighted by atomic mass is 10.2. The molecule has 102 valence electrons. The summed E-state index contributed by atoms with van der Waals surface area (Å²) in [6.07, 6.45) is 0. The molecule has 2 rings (SSSR count). The van der Waals surface area contributed by atoms with Crippen molar-refractivity contribution in [3.63, 3.8) is 0 Å². The Morgan fingerprint density at radius 3 is 2.65 bits per heavy atom. The highest BCUT2D eigenvalue weighted by Crippen LogP contribution is 2.28. The van der Waals surface area contributed by atoms with E-state index in [1.165, 1.54) is 0 Å². The van der Waals surface area contributed by atoms with E-state index in [2.05, 4.69) is 22.0 Å². The number of benzene rings is 1. The third-order valence-electron chi connectivity index (χ3n) is 3.17. The van der Waals surface area contributed by atoms with Crippen molar-refractivity contribution in [1.82, 2.24) is 4.57 Å². The number of rotatable bonds is 3. The van der Waals surface area contributed by atoms with Crippen LogP contribution in [-0.4, -0.2) is 16.2 Å². The summed E-state index contributed by atoms with van der Waals surface area (Å²) in [4.78, 5) is 11.8. The quantitative estimate of drug-likeness (QED) is 0.616. The van der Waals surface area contributed by atoms with Crippen LogP contribution in [0, 0.1) is 25.2 Å². The largest absolute Gasteiger partial charge is 0.317 e. The lowest BCUT2D eigenvalue weighted by Crippen LogP contribution is -2.04. The van der Waals surface area contributed by atoms with Crippen molar-refractivity contribution >= 4 is 33.3 Å². The minimum atomic E-state index is -0.0872. The maximum atomic E-state index is 11.8. The van der Waals surface area contributed by atoms with E-state index in [0.29, 0.717) is 11.1 Å². The third-order valence-corrected chi connectivity index (χ3v) is 4.05. The highest BCUT2D eigenvalue weighted by atomic mass is 79.9. The third kappa shape index (κ3) is 2.52. The number of carbonyl (C=O) groups is 1. The van der Waals surface area contributed by atoms with Crippen LogP contribution in [0.2, 0.25) is 0 Å². The SMILES string of the molecule is Cc1cc(C(=O)CCl)c(C)n1-c1ccc(C#N)cc1Br. The molecule has 0 bridgehead atoms. The number of carbonyl (C=O) groups excluding carboxylic acids is 1. The van der Waals surface area contributed by atoms with E-state index in [1.54, 1.807) is 12.1 Å². The lowest BCUT2D eigenvalue weighted by Gasteiger charge is -2.12. The molecule has 0 saturated heterocycles. The van der Waals surface area contributed by atoms with Crippen molar-refractivity contribution in [2.24, 2.45) is 0 Å². The van der Waals surface area contributed by atoms with Crippen molar-refractivity contribution in [2.75, 3.05) is 5.88 Å². The highest BCUT2D eigenvalue weighted by molar-refractivity contribution is 9.10. The first-order valence-corrected chi connectivity index (χ1v) is 7.30. The Bertz CT molecular complexity index is 728. The van der Waals surface area contributed by atoms with Crippen molar-refractivity contribution in [2.45, 2.75) is 13.8 Å². The number of hydrogen-bond acceptors (Lipinski definition) is 2. The second-order valence-electron chi connectivity index (χ2n) is 4.46. The second-order valence-corrected chi connectivity index (χ2v) is 5.58. The molecule has 1 aromatic carbocycles. The summed E-state index contributed by atoms with van der Waals surface area (Å²) in [5.41, 5.74) is 3.90. The van der Waals surface area contributed by atoms with Gasteiger partial charge in [0.2, 0.25) is 0 Å². The van der Waals surface area contributed by atoms with Crippen LogP contribution >= 0.6 is 27.5 Å². The van der Waals surface area contributed by atoms with E-state index in [1.807, 2.05) is 30.5 Å². The van der Waals surface area contributed by atoms with Gasteiger partial charge in [-0.2, -0.15) is 5.26 Å². The second kappa shape index (κ2) is 5.82. The Kier molecular flexibility index (Phi) is 4.32. The van der Waals surface area contributed by atoms with Crippen molar-refractivity contribution in [1.29, 1.82) is 5.26 Å². The van der Waals surface area contributed by atoms with Gasteiger partial charge in [-0.05, 0) is 54.0 Å². The molecule has 0 aliphatic rings. The van der Waals surface area contributed by atoms with Crippen molar-refractivity contribution < 1.29 is 4.79 Å². The maximum absolute atomic E-state index is 11.8. The molecule has 1 heterocycles. The Balaban J connectivity index is 2.62. The number of halogens is 2.